The molecule has 44 heavy (non-hydrogen) atoms. The summed E-state index contributed by atoms with van der Waals surface area (Å²) in [5.74, 6) is 0.954. The van der Waals surface area contributed by atoms with E-state index in [4.69, 9.17) is 9.47 Å². The average molecular weight is 577 g/mol. The molecule has 0 saturated carbocycles. The first-order chi connectivity index (χ1) is 21.6. The van der Waals surface area contributed by atoms with Crippen molar-refractivity contribution in [3.8, 4) is 22.6 Å². The maximum absolute atomic E-state index is 13.5. The first-order valence-corrected chi connectivity index (χ1v) is 14.2. The molecule has 0 radical (unpaired) electrons. The van der Waals surface area contributed by atoms with E-state index in [9.17, 15) is 9.59 Å². The van der Waals surface area contributed by atoms with Crippen LogP contribution < -0.4 is 19.3 Å². The molecular weight excluding hydrogens is 548 g/mol. The Morgan fingerprint density at radius 3 is 1.34 bits per heavy atom. The van der Waals surface area contributed by atoms with Crippen molar-refractivity contribution in [3.05, 3.63) is 145 Å². The van der Waals surface area contributed by atoms with E-state index in [1.807, 2.05) is 97.1 Å². The molecule has 6 nitrogen and oxygen atoms in total. The molecule has 214 valence electrons. The van der Waals surface area contributed by atoms with Crippen LogP contribution in [0.25, 0.3) is 21.9 Å². The third-order valence-electron chi connectivity index (χ3n) is 8.02. The quantitative estimate of drug-likeness (QED) is 0.178. The van der Waals surface area contributed by atoms with Gasteiger partial charge in [-0.05, 0) is 101 Å². The predicted octanol–water partition coefficient (Wildman–Crippen LogP) is 8.79. The van der Waals surface area contributed by atoms with Gasteiger partial charge in [0, 0.05) is 33.6 Å². The van der Waals surface area contributed by atoms with Crippen LogP contribution in [0.4, 0.5) is 22.7 Å². The van der Waals surface area contributed by atoms with Crippen molar-refractivity contribution in [2.24, 2.45) is 0 Å². The third-order valence-corrected chi connectivity index (χ3v) is 8.02. The zero-order chi connectivity index (χ0) is 30.2. The van der Waals surface area contributed by atoms with Gasteiger partial charge in [0.25, 0.3) is 11.8 Å². The van der Waals surface area contributed by atoms with Crippen LogP contribution in [-0.4, -0.2) is 26.0 Å². The molecule has 0 aliphatic carbocycles. The van der Waals surface area contributed by atoms with Crippen LogP contribution in [-0.2, 0) is 0 Å². The van der Waals surface area contributed by atoms with E-state index >= 15 is 0 Å². The fourth-order valence-electron chi connectivity index (χ4n) is 5.78. The lowest BCUT2D eigenvalue weighted by Crippen LogP contribution is -2.40. The van der Waals surface area contributed by atoms with Gasteiger partial charge in [0.2, 0.25) is 0 Å². The van der Waals surface area contributed by atoms with Crippen LogP contribution in [0.5, 0.6) is 11.5 Å². The van der Waals surface area contributed by atoms with Crippen molar-refractivity contribution >= 4 is 45.3 Å². The van der Waals surface area contributed by atoms with Crippen molar-refractivity contribution < 1.29 is 19.1 Å². The number of ether oxygens (including phenoxy) is 2. The van der Waals surface area contributed by atoms with Crippen LogP contribution >= 0.6 is 0 Å². The van der Waals surface area contributed by atoms with E-state index in [-0.39, 0.29) is 11.8 Å². The number of nitrogens with zero attached hydrogens (tertiary/aromatic N) is 2. The molecule has 6 aromatic carbocycles. The summed E-state index contributed by atoms with van der Waals surface area (Å²) in [4.78, 5) is 30.4. The summed E-state index contributed by atoms with van der Waals surface area (Å²) in [5, 5.41) is 1.61. The van der Waals surface area contributed by atoms with Crippen molar-refractivity contribution in [1.29, 1.82) is 0 Å². The minimum atomic E-state index is -0.312. The zero-order valence-electron chi connectivity index (χ0n) is 24.2. The Kier molecular flexibility index (Phi) is 6.79. The molecule has 0 spiro atoms. The van der Waals surface area contributed by atoms with E-state index in [1.54, 1.807) is 26.4 Å². The van der Waals surface area contributed by atoms with E-state index in [0.717, 1.165) is 50.5 Å². The average Bonchev–Trinajstić information content (AvgIpc) is 3.08. The molecule has 0 atom stereocenters. The van der Waals surface area contributed by atoms with Crippen molar-refractivity contribution in [3.63, 3.8) is 0 Å². The number of rotatable bonds is 7. The maximum atomic E-state index is 13.5. The molecule has 1 heterocycles. The number of carbonyl (C=O) groups excluding carboxylic acids is 2. The number of amides is 2. The monoisotopic (exact) mass is 576 g/mol. The van der Waals surface area contributed by atoms with Crippen LogP contribution in [0, 0.1) is 0 Å². The molecule has 1 aliphatic rings. The molecule has 0 aromatic heterocycles. The van der Waals surface area contributed by atoms with E-state index < -0.39 is 0 Å². The van der Waals surface area contributed by atoms with Gasteiger partial charge in [0.15, 0.2) is 0 Å². The van der Waals surface area contributed by atoms with Gasteiger partial charge in [-0.3, -0.25) is 9.59 Å². The number of methoxy groups -OCH3 is 2. The number of benzene rings is 6. The Morgan fingerprint density at radius 1 is 0.500 bits per heavy atom. The van der Waals surface area contributed by atoms with Gasteiger partial charge in [-0.25, -0.2) is 4.90 Å². The molecule has 1 aliphatic heterocycles. The maximum Gasteiger partial charge on any atom is 0.265 e. The van der Waals surface area contributed by atoms with Crippen LogP contribution in [0.15, 0.2) is 133 Å². The zero-order valence-corrected chi connectivity index (χ0v) is 24.2. The molecule has 7 rings (SSSR count). The molecule has 0 unspecified atom stereocenters. The first kappa shape index (κ1) is 27.0. The molecule has 0 saturated heterocycles. The highest BCUT2D eigenvalue weighted by molar-refractivity contribution is 6.35. The van der Waals surface area contributed by atoms with Crippen molar-refractivity contribution in [1.82, 2.24) is 0 Å². The third kappa shape index (κ3) is 4.63. The number of hydrogen-bond acceptors (Lipinski definition) is 5. The Balaban J connectivity index is 1.18. The molecule has 2 amide bonds. The van der Waals surface area contributed by atoms with Gasteiger partial charge in [0.1, 0.15) is 11.5 Å². The topological polar surface area (TPSA) is 59.1 Å². The SMILES string of the molecule is COc1ccc(N(c2ccc(OC)cc2)c2ccc(-c3ccc(N4C(=O)c5cccc6cccc(c56)C4=O)cc3)cc2)cc1. The van der Waals surface area contributed by atoms with Crippen molar-refractivity contribution in [2.75, 3.05) is 24.0 Å². The fourth-order valence-corrected chi connectivity index (χ4v) is 5.78. The molecular formula is C38H28N2O4. The summed E-state index contributed by atoms with van der Waals surface area (Å²) < 4.78 is 10.7. The molecule has 0 fully saturated rings. The molecule has 6 heteroatoms. The van der Waals surface area contributed by atoms with Gasteiger partial charge in [-0.2, -0.15) is 0 Å². The summed E-state index contributed by atoms with van der Waals surface area (Å²) in [7, 11) is 3.31. The largest absolute Gasteiger partial charge is 0.497 e. The first-order valence-electron chi connectivity index (χ1n) is 14.2. The highest BCUT2D eigenvalue weighted by Crippen LogP contribution is 2.38. The Labute approximate surface area is 255 Å². The number of imide groups is 1. The summed E-state index contributed by atoms with van der Waals surface area (Å²) in [6.45, 7) is 0. The summed E-state index contributed by atoms with van der Waals surface area (Å²) in [5.41, 5.74) is 6.56. The van der Waals surface area contributed by atoms with Gasteiger partial charge in [-0.1, -0.05) is 48.5 Å². The number of anilines is 4. The second-order valence-corrected chi connectivity index (χ2v) is 10.5. The van der Waals surface area contributed by atoms with Crippen LogP contribution in [0.1, 0.15) is 20.7 Å². The molecule has 6 aromatic rings. The molecule has 0 N–H and O–H groups in total. The van der Waals surface area contributed by atoms with E-state index in [0.29, 0.717) is 16.8 Å². The summed E-state index contributed by atoms with van der Waals surface area (Å²) in [6, 6.07) is 42.8. The highest BCUT2D eigenvalue weighted by Gasteiger charge is 2.33. The van der Waals surface area contributed by atoms with Gasteiger partial charge in [0.05, 0.1) is 19.9 Å². The number of hydrogen-bond donors (Lipinski definition) is 0. The standard InChI is InChI=1S/C38H28N2O4/c1-43-32-21-17-29(18-22-32)39(30-19-23-33(44-2)24-20-30)28-13-9-25(10-14-28)26-11-15-31(16-12-26)40-37(41)34-7-3-5-27-6-4-8-35(36(27)34)38(40)42/h3-24H,1-2H3. The van der Waals surface area contributed by atoms with Crippen LogP contribution in [0.3, 0.4) is 0 Å². The highest BCUT2D eigenvalue weighted by atomic mass is 16.5. The van der Waals surface area contributed by atoms with Crippen molar-refractivity contribution in [2.45, 2.75) is 0 Å². The van der Waals surface area contributed by atoms with Gasteiger partial charge < -0.3 is 14.4 Å². The summed E-state index contributed by atoms with van der Waals surface area (Å²) >= 11 is 0. The number of carbonyl (C=O) groups is 2. The fraction of sp³-hybridized carbons (Fsp3) is 0.0526. The van der Waals surface area contributed by atoms with Crippen LogP contribution in [0.2, 0.25) is 0 Å². The van der Waals surface area contributed by atoms with E-state index in [1.165, 1.54) is 4.90 Å². The minimum absolute atomic E-state index is 0.312. The second kappa shape index (κ2) is 11.1. The lowest BCUT2D eigenvalue weighted by atomic mass is 9.93. The smallest absolute Gasteiger partial charge is 0.265 e. The lowest BCUT2D eigenvalue weighted by molar-refractivity contribution is 0.0893. The van der Waals surface area contributed by atoms with Gasteiger partial charge >= 0.3 is 0 Å². The predicted molar refractivity (Wildman–Crippen MR) is 175 cm³/mol. The van der Waals surface area contributed by atoms with E-state index in [2.05, 4.69) is 29.2 Å². The minimum Gasteiger partial charge on any atom is -0.497 e. The normalized spacial score (nSPS) is 12.4. The molecule has 0 bridgehead atoms. The Morgan fingerprint density at radius 2 is 0.909 bits per heavy atom. The Hall–Kier alpha value is -5.88. The van der Waals surface area contributed by atoms with Gasteiger partial charge in [-0.15, -0.1) is 0 Å². The lowest BCUT2D eigenvalue weighted by Gasteiger charge is -2.27. The Bertz CT molecular complexity index is 1900. The summed E-state index contributed by atoms with van der Waals surface area (Å²) in [6.07, 6.45) is 0. The second-order valence-electron chi connectivity index (χ2n) is 10.5.